The van der Waals surface area contributed by atoms with Gasteiger partial charge in [0, 0.05) is 0 Å². The second-order valence-electron chi connectivity index (χ2n) is 5.00. The van der Waals surface area contributed by atoms with Crippen molar-refractivity contribution in [3.05, 3.63) is 60.7 Å². The Hall–Kier alpha value is -1.30. The van der Waals surface area contributed by atoms with Gasteiger partial charge in [-0.3, -0.25) is 0 Å². The van der Waals surface area contributed by atoms with Gasteiger partial charge >= 0.3 is 0 Å². The fraction of sp³-hybridized carbons (Fsp3) is 0.444. The Morgan fingerprint density at radius 2 is 1.89 bits per heavy atom. The van der Waals surface area contributed by atoms with Gasteiger partial charge in [0.05, 0.1) is 0 Å². The first-order valence-corrected chi connectivity index (χ1v) is 7.10. The molecule has 0 spiro atoms. The van der Waals surface area contributed by atoms with E-state index in [9.17, 15) is 0 Å². The maximum atomic E-state index is 3.86. The Morgan fingerprint density at radius 3 is 2.50 bits per heavy atom. The molecule has 98 valence electrons. The molecule has 0 nitrogen and oxygen atoms in total. The summed E-state index contributed by atoms with van der Waals surface area (Å²) in [6.07, 6.45) is 11.4. The Balaban J connectivity index is 2.25. The Labute approximate surface area is 112 Å². The minimum absolute atomic E-state index is 0.646. The molecule has 0 aliphatic carbocycles. The molecular formula is C18H26. The van der Waals surface area contributed by atoms with E-state index in [4.69, 9.17) is 0 Å². The van der Waals surface area contributed by atoms with Crippen LogP contribution < -0.4 is 0 Å². The molecule has 1 rings (SSSR count). The van der Waals surface area contributed by atoms with Crippen molar-refractivity contribution in [1.29, 1.82) is 0 Å². The molecule has 2 atom stereocenters. The summed E-state index contributed by atoms with van der Waals surface area (Å²) in [6.45, 7) is 8.39. The summed E-state index contributed by atoms with van der Waals surface area (Å²) in [5.41, 5.74) is 1.45. The van der Waals surface area contributed by atoms with Crippen molar-refractivity contribution in [2.75, 3.05) is 0 Å². The molecule has 1 aromatic carbocycles. The van der Waals surface area contributed by atoms with Gasteiger partial charge in [-0.15, -0.1) is 6.58 Å². The predicted octanol–water partition coefficient (Wildman–Crippen LogP) is 5.73. The van der Waals surface area contributed by atoms with Crippen molar-refractivity contribution < 1.29 is 0 Å². The topological polar surface area (TPSA) is 0 Å². The molecule has 0 heteroatoms. The van der Waals surface area contributed by atoms with Gasteiger partial charge in [-0.25, -0.2) is 0 Å². The number of hydrogen-bond donors (Lipinski definition) is 0. The van der Waals surface area contributed by atoms with Crippen molar-refractivity contribution in [2.45, 2.75) is 45.4 Å². The predicted molar refractivity (Wildman–Crippen MR) is 81.8 cm³/mol. The van der Waals surface area contributed by atoms with E-state index < -0.39 is 0 Å². The van der Waals surface area contributed by atoms with E-state index in [2.05, 4.69) is 69.0 Å². The summed E-state index contributed by atoms with van der Waals surface area (Å²) in [4.78, 5) is 0. The van der Waals surface area contributed by atoms with Crippen LogP contribution in [-0.4, -0.2) is 0 Å². The number of hydrogen-bond acceptors (Lipinski definition) is 0. The summed E-state index contributed by atoms with van der Waals surface area (Å²) in [6, 6.07) is 10.8. The van der Waals surface area contributed by atoms with Gasteiger partial charge in [0.15, 0.2) is 0 Å². The SMILES string of the molecule is C=CC(CC)C/C=C/CCC(C)c1ccccc1. The second-order valence-corrected chi connectivity index (χ2v) is 5.00. The van der Waals surface area contributed by atoms with Crippen molar-refractivity contribution in [3.8, 4) is 0 Å². The molecule has 0 aliphatic heterocycles. The Morgan fingerprint density at radius 1 is 1.17 bits per heavy atom. The minimum atomic E-state index is 0.646. The normalized spacial score (nSPS) is 14.6. The zero-order valence-corrected chi connectivity index (χ0v) is 11.8. The third kappa shape index (κ3) is 5.35. The van der Waals surface area contributed by atoms with E-state index in [0.717, 1.165) is 6.42 Å². The van der Waals surface area contributed by atoms with Crippen LogP contribution in [0, 0.1) is 5.92 Å². The highest BCUT2D eigenvalue weighted by atomic mass is 14.1. The molecule has 0 aromatic heterocycles. The lowest BCUT2D eigenvalue weighted by Crippen LogP contribution is -1.92. The van der Waals surface area contributed by atoms with Gasteiger partial charge in [0.1, 0.15) is 0 Å². The third-order valence-corrected chi connectivity index (χ3v) is 3.60. The first kappa shape index (κ1) is 14.8. The molecule has 0 saturated heterocycles. The van der Waals surface area contributed by atoms with Crippen LogP contribution in [0.4, 0.5) is 0 Å². The van der Waals surface area contributed by atoms with Crippen LogP contribution in [0.15, 0.2) is 55.1 Å². The van der Waals surface area contributed by atoms with Crippen LogP contribution in [0.5, 0.6) is 0 Å². The number of rotatable bonds is 8. The monoisotopic (exact) mass is 242 g/mol. The summed E-state index contributed by atoms with van der Waals surface area (Å²) < 4.78 is 0. The van der Waals surface area contributed by atoms with Crippen LogP contribution in [-0.2, 0) is 0 Å². The molecule has 0 fully saturated rings. The van der Waals surface area contributed by atoms with Gasteiger partial charge in [-0.2, -0.15) is 0 Å². The Bertz CT molecular complexity index is 348. The lowest BCUT2D eigenvalue weighted by molar-refractivity contribution is 0.635. The van der Waals surface area contributed by atoms with Gasteiger partial charge in [0.2, 0.25) is 0 Å². The highest BCUT2D eigenvalue weighted by Gasteiger charge is 2.02. The minimum Gasteiger partial charge on any atom is -0.103 e. The largest absolute Gasteiger partial charge is 0.103 e. The first-order chi connectivity index (χ1) is 8.77. The molecule has 0 bridgehead atoms. The zero-order valence-electron chi connectivity index (χ0n) is 11.8. The molecule has 18 heavy (non-hydrogen) atoms. The number of allylic oxidation sites excluding steroid dienone is 3. The molecule has 2 unspecified atom stereocenters. The van der Waals surface area contributed by atoms with Gasteiger partial charge in [0.25, 0.3) is 0 Å². The van der Waals surface area contributed by atoms with Gasteiger partial charge < -0.3 is 0 Å². The second kappa shape index (κ2) is 8.74. The standard InChI is InChI=1S/C18H26/c1-4-17(5-2)13-9-6-8-12-16(3)18-14-10-7-11-15-18/h4,6-7,9-11,14-17H,1,5,8,12-13H2,2-3H3/b9-6+. The summed E-state index contributed by atoms with van der Waals surface area (Å²) in [7, 11) is 0. The molecular weight excluding hydrogens is 216 g/mol. The molecule has 1 aromatic rings. The summed E-state index contributed by atoms with van der Waals surface area (Å²) in [5, 5.41) is 0. The van der Waals surface area contributed by atoms with Crippen LogP contribution in [0.2, 0.25) is 0 Å². The quantitative estimate of drug-likeness (QED) is 0.511. The average Bonchev–Trinajstić information content (AvgIpc) is 2.43. The highest BCUT2D eigenvalue weighted by Crippen LogP contribution is 2.20. The van der Waals surface area contributed by atoms with E-state index in [0.29, 0.717) is 11.8 Å². The van der Waals surface area contributed by atoms with E-state index in [1.54, 1.807) is 0 Å². The maximum absolute atomic E-state index is 3.86. The first-order valence-electron chi connectivity index (χ1n) is 7.10. The summed E-state index contributed by atoms with van der Waals surface area (Å²) in [5.74, 6) is 1.30. The van der Waals surface area contributed by atoms with Crippen LogP contribution >= 0.6 is 0 Å². The van der Waals surface area contributed by atoms with E-state index in [1.807, 2.05) is 0 Å². The van der Waals surface area contributed by atoms with Crippen LogP contribution in [0.1, 0.15) is 51.0 Å². The van der Waals surface area contributed by atoms with E-state index in [1.165, 1.54) is 24.8 Å². The van der Waals surface area contributed by atoms with Crippen molar-refractivity contribution >= 4 is 0 Å². The maximum Gasteiger partial charge on any atom is -0.0187 e. The van der Waals surface area contributed by atoms with E-state index in [-0.39, 0.29) is 0 Å². The van der Waals surface area contributed by atoms with Crippen molar-refractivity contribution in [1.82, 2.24) is 0 Å². The summed E-state index contributed by atoms with van der Waals surface area (Å²) >= 11 is 0. The van der Waals surface area contributed by atoms with Crippen LogP contribution in [0.3, 0.4) is 0 Å². The average molecular weight is 242 g/mol. The molecule has 0 saturated carbocycles. The molecule has 0 amide bonds. The van der Waals surface area contributed by atoms with Crippen LogP contribution in [0.25, 0.3) is 0 Å². The van der Waals surface area contributed by atoms with Crippen molar-refractivity contribution in [3.63, 3.8) is 0 Å². The smallest absolute Gasteiger partial charge is 0.0187 e. The molecule has 0 N–H and O–H groups in total. The molecule has 0 heterocycles. The number of benzene rings is 1. The van der Waals surface area contributed by atoms with E-state index >= 15 is 0 Å². The molecule has 0 radical (unpaired) electrons. The fourth-order valence-electron chi connectivity index (χ4n) is 2.11. The van der Waals surface area contributed by atoms with Crippen molar-refractivity contribution in [2.24, 2.45) is 5.92 Å². The zero-order chi connectivity index (χ0) is 13.2. The molecule has 0 aliphatic rings. The van der Waals surface area contributed by atoms with Gasteiger partial charge in [-0.1, -0.05) is 62.4 Å². The fourth-order valence-corrected chi connectivity index (χ4v) is 2.11. The lowest BCUT2D eigenvalue weighted by Gasteiger charge is -2.10. The Kier molecular flexibility index (Phi) is 7.17. The third-order valence-electron chi connectivity index (χ3n) is 3.60. The lowest BCUT2D eigenvalue weighted by atomic mass is 9.96. The highest BCUT2D eigenvalue weighted by molar-refractivity contribution is 5.18. The van der Waals surface area contributed by atoms with Gasteiger partial charge in [-0.05, 0) is 43.1 Å².